The van der Waals surface area contributed by atoms with Crippen molar-refractivity contribution >= 4 is 11.9 Å². The molecule has 1 atom stereocenters. The van der Waals surface area contributed by atoms with Crippen LogP contribution < -0.4 is 5.32 Å². The highest BCUT2D eigenvalue weighted by Crippen LogP contribution is 2.26. The van der Waals surface area contributed by atoms with Crippen molar-refractivity contribution < 1.29 is 14.7 Å². The Hall–Kier alpha value is -1.06. The van der Waals surface area contributed by atoms with Gasteiger partial charge in [0.2, 0.25) is 5.91 Å². The summed E-state index contributed by atoms with van der Waals surface area (Å²) in [6.07, 6.45) is 0.829. The molecule has 0 aliphatic rings. The van der Waals surface area contributed by atoms with E-state index in [1.165, 1.54) is 0 Å². The van der Waals surface area contributed by atoms with Crippen molar-refractivity contribution in [2.45, 2.75) is 48.0 Å². The van der Waals surface area contributed by atoms with Crippen LogP contribution in [0.4, 0.5) is 0 Å². The number of carbonyl (C=O) groups excluding carboxylic acids is 1. The van der Waals surface area contributed by atoms with Gasteiger partial charge in [0.05, 0.1) is 0 Å². The predicted octanol–water partition coefficient (Wildman–Crippen LogP) is 2.29. The van der Waals surface area contributed by atoms with Gasteiger partial charge in [-0.3, -0.25) is 9.59 Å². The highest BCUT2D eigenvalue weighted by Gasteiger charge is 2.37. The minimum absolute atomic E-state index is 0.133. The van der Waals surface area contributed by atoms with Crippen molar-refractivity contribution in [3.8, 4) is 0 Å². The molecule has 0 rings (SSSR count). The van der Waals surface area contributed by atoms with Crippen molar-refractivity contribution in [3.05, 3.63) is 0 Å². The van der Waals surface area contributed by atoms with E-state index in [0.29, 0.717) is 6.54 Å². The van der Waals surface area contributed by atoms with E-state index >= 15 is 0 Å². The van der Waals surface area contributed by atoms with Crippen molar-refractivity contribution in [3.63, 3.8) is 0 Å². The first kappa shape index (κ1) is 15.9. The van der Waals surface area contributed by atoms with E-state index in [2.05, 4.69) is 26.1 Å². The molecule has 0 aromatic carbocycles. The van der Waals surface area contributed by atoms with Crippen LogP contribution in [0.15, 0.2) is 0 Å². The summed E-state index contributed by atoms with van der Waals surface area (Å²) < 4.78 is 0. The number of carboxylic acids is 1. The molecule has 0 spiro atoms. The maximum Gasteiger partial charge on any atom is 0.316 e. The fourth-order valence-corrected chi connectivity index (χ4v) is 1.54. The first-order chi connectivity index (χ1) is 7.45. The zero-order valence-electron chi connectivity index (χ0n) is 11.8. The highest BCUT2D eigenvalue weighted by molar-refractivity contribution is 5.97. The molecule has 0 aromatic rings. The lowest BCUT2D eigenvalue weighted by atomic mass is 9.80. The molecule has 4 heteroatoms. The Kier molecular flexibility index (Phi) is 5.17. The summed E-state index contributed by atoms with van der Waals surface area (Å²) in [5.41, 5.74) is -0.439. The maximum atomic E-state index is 11.8. The third-order valence-corrected chi connectivity index (χ3v) is 2.55. The van der Waals surface area contributed by atoms with Crippen LogP contribution in [0.25, 0.3) is 0 Å². The Morgan fingerprint density at radius 3 is 1.88 bits per heavy atom. The molecular formula is C13H25NO3. The van der Waals surface area contributed by atoms with Crippen molar-refractivity contribution in [1.82, 2.24) is 5.32 Å². The third-order valence-electron chi connectivity index (χ3n) is 2.55. The molecule has 0 heterocycles. The minimum Gasteiger partial charge on any atom is -0.481 e. The molecule has 0 saturated heterocycles. The number of nitrogens with one attached hydrogen (secondary N) is 1. The van der Waals surface area contributed by atoms with Crippen LogP contribution in [0.5, 0.6) is 0 Å². The van der Waals surface area contributed by atoms with Gasteiger partial charge in [0.25, 0.3) is 0 Å². The molecule has 4 nitrogen and oxygen atoms in total. The van der Waals surface area contributed by atoms with Crippen LogP contribution in [0, 0.1) is 16.7 Å². The van der Waals surface area contributed by atoms with Crippen molar-refractivity contribution in [1.29, 1.82) is 0 Å². The minimum atomic E-state index is -1.06. The molecule has 0 aromatic heterocycles. The van der Waals surface area contributed by atoms with Crippen LogP contribution in [-0.4, -0.2) is 23.5 Å². The zero-order valence-corrected chi connectivity index (χ0v) is 11.8. The van der Waals surface area contributed by atoms with Crippen molar-refractivity contribution in [2.24, 2.45) is 16.7 Å². The lowest BCUT2D eigenvalue weighted by Crippen LogP contribution is -2.43. The van der Waals surface area contributed by atoms with Crippen LogP contribution in [0.3, 0.4) is 0 Å². The molecule has 0 saturated carbocycles. The van der Waals surface area contributed by atoms with E-state index in [1.807, 2.05) is 0 Å². The molecule has 0 aliphatic heterocycles. The number of hydrogen-bond acceptors (Lipinski definition) is 2. The van der Waals surface area contributed by atoms with E-state index in [9.17, 15) is 9.59 Å². The van der Waals surface area contributed by atoms with Gasteiger partial charge in [-0.1, -0.05) is 41.5 Å². The first-order valence-corrected chi connectivity index (χ1v) is 5.95. The zero-order chi connectivity index (χ0) is 13.9. The monoisotopic (exact) mass is 243 g/mol. The fraction of sp³-hybridized carbons (Fsp3) is 0.846. The summed E-state index contributed by atoms with van der Waals surface area (Å²) >= 11 is 0. The Morgan fingerprint density at radius 2 is 1.59 bits per heavy atom. The molecule has 2 N–H and O–H groups in total. The summed E-state index contributed by atoms with van der Waals surface area (Å²) in [7, 11) is 0. The second kappa shape index (κ2) is 5.52. The molecule has 17 heavy (non-hydrogen) atoms. The number of hydrogen-bond donors (Lipinski definition) is 2. The predicted molar refractivity (Wildman–Crippen MR) is 67.7 cm³/mol. The highest BCUT2D eigenvalue weighted by atomic mass is 16.4. The normalized spacial score (nSPS) is 14.2. The van der Waals surface area contributed by atoms with Gasteiger partial charge in [-0.05, 0) is 17.3 Å². The van der Waals surface area contributed by atoms with Crippen LogP contribution in [0.2, 0.25) is 0 Å². The summed E-state index contributed by atoms with van der Waals surface area (Å²) in [6, 6.07) is 0. The SMILES string of the molecule is CC(C)(C)CCNC(=O)C(C(=O)O)C(C)(C)C. The van der Waals surface area contributed by atoms with E-state index in [4.69, 9.17) is 5.11 Å². The van der Waals surface area contributed by atoms with Gasteiger partial charge in [-0.15, -0.1) is 0 Å². The topological polar surface area (TPSA) is 66.4 Å². The van der Waals surface area contributed by atoms with Gasteiger partial charge in [0.1, 0.15) is 5.92 Å². The van der Waals surface area contributed by atoms with Gasteiger partial charge in [-0.2, -0.15) is 0 Å². The van der Waals surface area contributed by atoms with E-state index in [1.54, 1.807) is 20.8 Å². The lowest BCUT2D eigenvalue weighted by molar-refractivity contribution is -0.151. The van der Waals surface area contributed by atoms with Gasteiger partial charge < -0.3 is 10.4 Å². The number of amides is 1. The van der Waals surface area contributed by atoms with Crippen LogP contribution in [0.1, 0.15) is 48.0 Å². The molecule has 0 fully saturated rings. The molecule has 100 valence electrons. The summed E-state index contributed by atoms with van der Waals surface area (Å²) in [5.74, 6) is -2.46. The van der Waals surface area contributed by atoms with Crippen LogP contribution in [-0.2, 0) is 9.59 Å². The molecule has 0 bridgehead atoms. The quantitative estimate of drug-likeness (QED) is 0.744. The van der Waals surface area contributed by atoms with Crippen LogP contribution >= 0.6 is 0 Å². The third kappa shape index (κ3) is 6.29. The first-order valence-electron chi connectivity index (χ1n) is 5.95. The smallest absolute Gasteiger partial charge is 0.316 e. The average Bonchev–Trinajstić information content (AvgIpc) is 1.96. The van der Waals surface area contributed by atoms with E-state index < -0.39 is 23.2 Å². The largest absolute Gasteiger partial charge is 0.481 e. The average molecular weight is 243 g/mol. The molecule has 0 radical (unpaired) electrons. The molecule has 1 amide bonds. The van der Waals surface area contributed by atoms with E-state index in [-0.39, 0.29) is 5.41 Å². The van der Waals surface area contributed by atoms with Gasteiger partial charge in [0.15, 0.2) is 0 Å². The second-order valence-corrected chi connectivity index (χ2v) is 6.74. The Balaban J connectivity index is 4.42. The number of rotatable bonds is 4. The van der Waals surface area contributed by atoms with Crippen molar-refractivity contribution in [2.75, 3.05) is 6.54 Å². The maximum absolute atomic E-state index is 11.8. The molecule has 0 aliphatic carbocycles. The van der Waals surface area contributed by atoms with E-state index in [0.717, 1.165) is 6.42 Å². The Bertz CT molecular complexity index is 284. The Morgan fingerprint density at radius 1 is 1.12 bits per heavy atom. The fourth-order valence-electron chi connectivity index (χ4n) is 1.54. The molecule has 1 unspecified atom stereocenters. The molecular weight excluding hydrogens is 218 g/mol. The number of carbonyl (C=O) groups is 2. The number of carboxylic acid groups (broad SMARTS) is 1. The lowest BCUT2D eigenvalue weighted by Gasteiger charge is -2.26. The summed E-state index contributed by atoms with van der Waals surface area (Å²) in [6.45, 7) is 12.0. The number of aliphatic carboxylic acids is 1. The van der Waals surface area contributed by atoms with Gasteiger partial charge in [0, 0.05) is 6.54 Å². The second-order valence-electron chi connectivity index (χ2n) is 6.74. The van der Waals surface area contributed by atoms with Gasteiger partial charge in [-0.25, -0.2) is 0 Å². The Labute approximate surface area is 104 Å². The summed E-state index contributed by atoms with van der Waals surface area (Å²) in [5, 5.41) is 11.8. The van der Waals surface area contributed by atoms with Gasteiger partial charge >= 0.3 is 5.97 Å². The standard InChI is InChI=1S/C13H25NO3/c1-12(2,3)7-8-14-10(15)9(11(16)17)13(4,5)6/h9H,7-8H2,1-6H3,(H,14,15)(H,16,17). The summed E-state index contributed by atoms with van der Waals surface area (Å²) in [4.78, 5) is 22.9.